The van der Waals surface area contributed by atoms with Crippen LogP contribution in [-0.4, -0.2) is 19.3 Å². The highest BCUT2D eigenvalue weighted by Crippen LogP contribution is 2.32. The van der Waals surface area contributed by atoms with Crippen LogP contribution in [0.2, 0.25) is 0 Å². The number of benzene rings is 4. The average Bonchev–Trinajstić information content (AvgIpc) is 3.23. The van der Waals surface area contributed by atoms with Gasteiger partial charge >= 0.3 is 0 Å². The molecule has 5 rings (SSSR count). The van der Waals surface area contributed by atoms with Crippen LogP contribution in [0, 0.1) is 0 Å². The Hall–Kier alpha value is -3.75. The van der Waals surface area contributed by atoms with Crippen LogP contribution in [0.1, 0.15) is 10.4 Å². The maximum absolute atomic E-state index is 13.0. The third kappa shape index (κ3) is 3.81. The van der Waals surface area contributed by atoms with Crippen molar-refractivity contribution in [1.29, 1.82) is 0 Å². The molecule has 8 heteroatoms. The maximum atomic E-state index is 13.0. The molecule has 32 heavy (non-hydrogen) atoms. The summed E-state index contributed by atoms with van der Waals surface area (Å²) >= 11 is 1.37. The van der Waals surface area contributed by atoms with E-state index in [4.69, 9.17) is 0 Å². The third-order valence-corrected chi connectivity index (χ3v) is 7.29. The molecule has 0 saturated carbocycles. The van der Waals surface area contributed by atoms with E-state index in [9.17, 15) is 13.2 Å². The predicted molar refractivity (Wildman–Crippen MR) is 129 cm³/mol. The van der Waals surface area contributed by atoms with Gasteiger partial charge in [0.1, 0.15) is 0 Å². The van der Waals surface area contributed by atoms with E-state index in [1.54, 1.807) is 42.5 Å². The number of aromatic nitrogens is 1. The molecule has 0 radical (unpaired) electrons. The standard InChI is InChI=1S/C24H17N3O3S2/c28-23(26-24-25-22-18-11-5-4-8-16(18)14-15-21(22)31-24)19-12-6-7-13-20(19)27-32(29,30)17-9-2-1-3-10-17/h1-15,27H,(H,25,26,28). The highest BCUT2D eigenvalue weighted by molar-refractivity contribution is 7.92. The summed E-state index contributed by atoms with van der Waals surface area (Å²) in [5.74, 6) is -0.445. The fourth-order valence-corrected chi connectivity index (χ4v) is 5.43. The maximum Gasteiger partial charge on any atom is 0.261 e. The second-order valence-electron chi connectivity index (χ2n) is 7.07. The lowest BCUT2D eigenvalue weighted by atomic mass is 10.1. The molecule has 0 bridgehead atoms. The zero-order chi connectivity index (χ0) is 22.1. The Balaban J connectivity index is 1.45. The van der Waals surface area contributed by atoms with Crippen molar-refractivity contribution >= 4 is 59.1 Å². The van der Waals surface area contributed by atoms with Gasteiger partial charge in [-0.3, -0.25) is 14.8 Å². The first-order chi connectivity index (χ1) is 15.5. The van der Waals surface area contributed by atoms with E-state index in [0.717, 1.165) is 21.0 Å². The lowest BCUT2D eigenvalue weighted by Gasteiger charge is -2.12. The number of nitrogens with zero attached hydrogens (tertiary/aromatic N) is 1. The van der Waals surface area contributed by atoms with Crippen molar-refractivity contribution in [2.75, 3.05) is 10.0 Å². The van der Waals surface area contributed by atoms with Gasteiger partial charge in [0, 0.05) is 5.39 Å². The number of nitrogens with one attached hydrogen (secondary N) is 2. The molecule has 5 aromatic rings. The Bertz CT molecular complexity index is 1560. The Kier molecular flexibility index (Phi) is 5.08. The number of carbonyl (C=O) groups is 1. The van der Waals surface area contributed by atoms with Crippen LogP contribution < -0.4 is 10.0 Å². The Morgan fingerprint density at radius 3 is 2.38 bits per heavy atom. The second kappa shape index (κ2) is 8.07. The zero-order valence-electron chi connectivity index (χ0n) is 16.6. The first-order valence-electron chi connectivity index (χ1n) is 9.78. The summed E-state index contributed by atoms with van der Waals surface area (Å²) in [7, 11) is -3.83. The van der Waals surface area contributed by atoms with E-state index >= 15 is 0 Å². The molecule has 1 heterocycles. The molecule has 1 amide bonds. The van der Waals surface area contributed by atoms with Crippen LogP contribution in [-0.2, 0) is 10.0 Å². The SMILES string of the molecule is O=C(Nc1nc2c(ccc3ccccc32)s1)c1ccccc1NS(=O)(=O)c1ccccc1. The lowest BCUT2D eigenvalue weighted by molar-refractivity contribution is 0.102. The molecule has 1 aromatic heterocycles. The monoisotopic (exact) mass is 459 g/mol. The predicted octanol–water partition coefficient (Wildman–Crippen LogP) is 5.50. The number of sulfonamides is 1. The number of hydrogen-bond donors (Lipinski definition) is 2. The van der Waals surface area contributed by atoms with E-state index in [0.29, 0.717) is 5.13 Å². The number of thiazole rings is 1. The Labute approximate surface area is 188 Å². The molecule has 0 aliphatic heterocycles. The van der Waals surface area contributed by atoms with Gasteiger partial charge in [-0.05, 0) is 35.7 Å². The summed E-state index contributed by atoms with van der Waals surface area (Å²) in [5, 5.41) is 5.34. The van der Waals surface area contributed by atoms with E-state index in [-0.39, 0.29) is 16.1 Å². The number of para-hydroxylation sites is 1. The average molecular weight is 460 g/mol. The molecule has 0 unspecified atom stereocenters. The van der Waals surface area contributed by atoms with Crippen LogP contribution in [0.25, 0.3) is 21.0 Å². The summed E-state index contributed by atoms with van der Waals surface area (Å²) in [4.78, 5) is 17.7. The molecule has 0 fully saturated rings. The van der Waals surface area contributed by atoms with Crippen LogP contribution in [0.5, 0.6) is 0 Å². The van der Waals surface area contributed by atoms with E-state index in [1.165, 1.54) is 23.5 Å². The quantitative estimate of drug-likeness (QED) is 0.363. The van der Waals surface area contributed by atoms with E-state index < -0.39 is 15.9 Å². The number of rotatable bonds is 5. The molecule has 0 saturated heterocycles. The van der Waals surface area contributed by atoms with Crippen molar-refractivity contribution in [3.63, 3.8) is 0 Å². The van der Waals surface area contributed by atoms with Crippen molar-refractivity contribution in [2.24, 2.45) is 0 Å². The van der Waals surface area contributed by atoms with Gasteiger partial charge in [-0.25, -0.2) is 13.4 Å². The lowest BCUT2D eigenvalue weighted by Crippen LogP contribution is -2.18. The van der Waals surface area contributed by atoms with Gasteiger partial charge in [0.25, 0.3) is 15.9 Å². The fraction of sp³-hybridized carbons (Fsp3) is 0. The smallest absolute Gasteiger partial charge is 0.261 e. The summed E-state index contributed by atoms with van der Waals surface area (Å²) in [5.41, 5.74) is 1.22. The van der Waals surface area contributed by atoms with Crippen LogP contribution in [0.4, 0.5) is 10.8 Å². The van der Waals surface area contributed by atoms with Crippen molar-refractivity contribution < 1.29 is 13.2 Å². The zero-order valence-corrected chi connectivity index (χ0v) is 18.3. The molecule has 6 nitrogen and oxygen atoms in total. The third-order valence-electron chi connectivity index (χ3n) is 4.97. The molecular formula is C24H17N3O3S2. The largest absolute Gasteiger partial charge is 0.298 e. The fourth-order valence-electron chi connectivity index (χ4n) is 3.45. The number of carbonyl (C=O) groups excluding carboxylic acids is 1. The van der Waals surface area contributed by atoms with E-state index in [1.807, 2.05) is 36.4 Å². The van der Waals surface area contributed by atoms with Gasteiger partial charge in [-0.2, -0.15) is 0 Å². The van der Waals surface area contributed by atoms with Gasteiger partial charge < -0.3 is 0 Å². The summed E-state index contributed by atoms with van der Waals surface area (Å²) in [6.07, 6.45) is 0. The van der Waals surface area contributed by atoms with Crippen LogP contribution in [0.3, 0.4) is 0 Å². The molecule has 158 valence electrons. The normalized spacial score (nSPS) is 11.5. The van der Waals surface area contributed by atoms with Gasteiger partial charge in [-0.15, -0.1) is 0 Å². The second-order valence-corrected chi connectivity index (χ2v) is 9.78. The molecule has 0 aliphatic carbocycles. The minimum atomic E-state index is -3.83. The van der Waals surface area contributed by atoms with Gasteiger partial charge in [0.15, 0.2) is 5.13 Å². The van der Waals surface area contributed by atoms with Crippen molar-refractivity contribution in [2.45, 2.75) is 4.90 Å². The number of anilines is 2. The summed E-state index contributed by atoms with van der Waals surface area (Å²) in [6.45, 7) is 0. The molecule has 0 atom stereocenters. The Morgan fingerprint density at radius 2 is 1.53 bits per heavy atom. The first kappa shape index (κ1) is 20.2. The van der Waals surface area contributed by atoms with Crippen molar-refractivity contribution in [3.8, 4) is 0 Å². The van der Waals surface area contributed by atoms with E-state index in [2.05, 4.69) is 15.0 Å². The highest BCUT2D eigenvalue weighted by atomic mass is 32.2. The molecular weight excluding hydrogens is 442 g/mol. The molecule has 0 aliphatic rings. The number of fused-ring (bicyclic) bond motifs is 3. The molecule has 0 spiro atoms. The molecule has 2 N–H and O–H groups in total. The minimum Gasteiger partial charge on any atom is -0.298 e. The topological polar surface area (TPSA) is 88.2 Å². The molecule has 4 aromatic carbocycles. The van der Waals surface area contributed by atoms with Gasteiger partial charge in [-0.1, -0.05) is 72.0 Å². The number of amides is 1. The Morgan fingerprint density at radius 1 is 0.812 bits per heavy atom. The van der Waals surface area contributed by atoms with Gasteiger partial charge in [0.2, 0.25) is 0 Å². The number of hydrogen-bond acceptors (Lipinski definition) is 5. The van der Waals surface area contributed by atoms with Gasteiger partial charge in [0.05, 0.1) is 26.4 Å². The highest BCUT2D eigenvalue weighted by Gasteiger charge is 2.19. The first-order valence-corrected chi connectivity index (χ1v) is 12.1. The van der Waals surface area contributed by atoms with Crippen molar-refractivity contribution in [3.05, 3.63) is 96.6 Å². The summed E-state index contributed by atoms with van der Waals surface area (Å²) < 4.78 is 28.9. The van der Waals surface area contributed by atoms with Crippen LogP contribution in [0.15, 0.2) is 95.9 Å². The van der Waals surface area contributed by atoms with Crippen molar-refractivity contribution in [1.82, 2.24) is 4.98 Å². The minimum absolute atomic E-state index is 0.119. The summed E-state index contributed by atoms with van der Waals surface area (Å²) in [6, 6.07) is 26.4. The van der Waals surface area contributed by atoms with Crippen LogP contribution >= 0.6 is 11.3 Å².